The molecule has 0 amide bonds. The van der Waals surface area contributed by atoms with Crippen LogP contribution in [-0.4, -0.2) is 20.2 Å². The van der Waals surface area contributed by atoms with Gasteiger partial charge in [0.05, 0.1) is 0 Å². The lowest BCUT2D eigenvalue weighted by molar-refractivity contribution is 0.812. The van der Waals surface area contributed by atoms with Crippen molar-refractivity contribution in [2.24, 2.45) is 0 Å². The van der Waals surface area contributed by atoms with Gasteiger partial charge < -0.3 is 0 Å². The molecule has 0 unspecified atom stereocenters. The zero-order chi connectivity index (χ0) is 6.69. The first-order chi connectivity index (χ1) is 4.34. The third-order valence-electron chi connectivity index (χ3n) is 0.865. The normalized spacial score (nSPS) is 10.9. The van der Waals surface area contributed by atoms with Crippen LogP contribution in [0.3, 0.4) is 0 Å². The second kappa shape index (κ2) is 2.63. The lowest BCUT2D eigenvalue weighted by atomic mass is 10.7. The summed E-state index contributed by atoms with van der Waals surface area (Å²) in [5.74, 6) is 0.750. The van der Waals surface area contributed by atoms with Crippen LogP contribution in [0.2, 0.25) is 0 Å². The van der Waals surface area contributed by atoms with E-state index in [1.165, 1.54) is 4.68 Å². The van der Waals surface area contributed by atoms with Crippen LogP contribution < -0.4 is 0 Å². The maximum atomic E-state index is 3.86. The average molecular weight is 142 g/mol. The van der Waals surface area contributed by atoms with E-state index in [1.807, 2.05) is 6.92 Å². The number of hydrogen-bond donors (Lipinski definition) is 1. The number of aryl methyl sites for hydroxylation is 1. The van der Waals surface area contributed by atoms with E-state index in [9.17, 15) is 0 Å². The molecule has 0 aliphatic carbocycles. The summed E-state index contributed by atoms with van der Waals surface area (Å²) in [4.78, 5) is 0. The molecule has 0 bridgehead atoms. The van der Waals surface area contributed by atoms with Gasteiger partial charge in [0.2, 0.25) is 0 Å². The molecule has 9 heavy (non-hydrogen) atoms. The Kier molecular flexibility index (Phi) is 1.84. The molecule has 48 valence electrons. The molecule has 0 N–H and O–H groups in total. The topological polar surface area (TPSA) is 43.6 Å². The van der Waals surface area contributed by atoms with Gasteiger partial charge >= 0.3 is 0 Å². The Labute approximate surface area is 58.0 Å². The quantitative estimate of drug-likeness (QED) is 0.575. The summed E-state index contributed by atoms with van der Waals surface area (Å²) in [6, 6.07) is 0. The van der Waals surface area contributed by atoms with Crippen LogP contribution in [0, 0.1) is 6.92 Å². The molecule has 5 heteroatoms. The first-order valence-electron chi connectivity index (χ1n) is 2.40. The van der Waals surface area contributed by atoms with Gasteiger partial charge in [0.25, 0.3) is 0 Å². The van der Waals surface area contributed by atoms with E-state index in [4.69, 9.17) is 0 Å². The summed E-state index contributed by atoms with van der Waals surface area (Å²) in [5.41, 5.74) is 0. The summed E-state index contributed by atoms with van der Waals surface area (Å²) in [7, 11) is 0. The lowest BCUT2D eigenvalue weighted by Crippen LogP contribution is -1.90. The molecule has 0 radical (unpaired) electrons. The van der Waals surface area contributed by atoms with E-state index in [0.717, 1.165) is 5.82 Å². The minimum atomic E-state index is 0.750. The third kappa shape index (κ3) is 1.29. The molecular formula is C4H6N4S. The molecule has 0 aliphatic heterocycles. The van der Waals surface area contributed by atoms with Crippen LogP contribution in [0.4, 0.5) is 0 Å². The number of rotatable bonds is 1. The van der Waals surface area contributed by atoms with E-state index < -0.39 is 0 Å². The minimum absolute atomic E-state index is 0.750. The predicted octanol–water partition coefficient (Wildman–Crippen LogP) is 0.340. The van der Waals surface area contributed by atoms with Gasteiger partial charge in [-0.05, 0) is 22.8 Å². The molecule has 0 saturated carbocycles. The standard InChI is InChI=1S/C4H6N4S/c1-4-5-6-7-8(4)2-3-9/h2-3,9H,1H3/b3-2-. The Hall–Kier alpha value is -0.840. The first kappa shape index (κ1) is 6.28. The fraction of sp³-hybridized carbons (Fsp3) is 0.250. The first-order valence-corrected chi connectivity index (χ1v) is 2.91. The van der Waals surface area contributed by atoms with Crippen molar-refractivity contribution in [3.8, 4) is 0 Å². The second-order valence-electron chi connectivity index (χ2n) is 1.47. The van der Waals surface area contributed by atoms with E-state index in [2.05, 4.69) is 28.2 Å². The molecule has 1 heterocycles. The highest BCUT2D eigenvalue weighted by molar-refractivity contribution is 7.83. The lowest BCUT2D eigenvalue weighted by Gasteiger charge is -1.86. The van der Waals surface area contributed by atoms with Gasteiger partial charge in [-0.1, -0.05) is 0 Å². The van der Waals surface area contributed by atoms with Crippen molar-refractivity contribution >= 4 is 18.8 Å². The zero-order valence-corrected chi connectivity index (χ0v) is 5.79. The summed E-state index contributed by atoms with van der Waals surface area (Å²) < 4.78 is 1.53. The van der Waals surface area contributed by atoms with Gasteiger partial charge in [0.1, 0.15) is 0 Å². The van der Waals surface area contributed by atoms with Gasteiger partial charge in [-0.15, -0.1) is 17.7 Å². The number of thiol groups is 1. The number of tetrazole rings is 1. The molecule has 1 aromatic heterocycles. The van der Waals surface area contributed by atoms with Crippen molar-refractivity contribution in [1.82, 2.24) is 20.2 Å². The molecule has 4 nitrogen and oxygen atoms in total. The molecule has 0 aromatic carbocycles. The highest BCUT2D eigenvalue weighted by Gasteiger charge is 1.91. The van der Waals surface area contributed by atoms with Crippen molar-refractivity contribution < 1.29 is 0 Å². The Bertz CT molecular complexity index is 216. The van der Waals surface area contributed by atoms with E-state index in [0.29, 0.717) is 0 Å². The molecule has 1 aromatic rings. The van der Waals surface area contributed by atoms with E-state index in [1.54, 1.807) is 11.6 Å². The van der Waals surface area contributed by atoms with Crippen LogP contribution in [0.15, 0.2) is 5.41 Å². The number of nitrogens with zero attached hydrogens (tertiary/aromatic N) is 4. The third-order valence-corrected chi connectivity index (χ3v) is 0.999. The fourth-order valence-corrected chi connectivity index (χ4v) is 0.565. The number of aromatic nitrogens is 4. The molecule has 0 saturated heterocycles. The SMILES string of the molecule is Cc1nnnn1/C=C\S. The van der Waals surface area contributed by atoms with Gasteiger partial charge in [-0.25, -0.2) is 4.68 Å². The van der Waals surface area contributed by atoms with Crippen molar-refractivity contribution in [2.45, 2.75) is 6.92 Å². The monoisotopic (exact) mass is 142 g/mol. The Morgan fingerprint density at radius 3 is 2.89 bits per heavy atom. The maximum Gasteiger partial charge on any atom is 0.152 e. The molecule has 0 aliphatic rings. The number of hydrogen-bond acceptors (Lipinski definition) is 4. The van der Waals surface area contributed by atoms with Gasteiger partial charge in [0.15, 0.2) is 5.82 Å². The zero-order valence-electron chi connectivity index (χ0n) is 4.89. The van der Waals surface area contributed by atoms with Crippen LogP contribution in [0.5, 0.6) is 0 Å². The Balaban J connectivity index is 2.94. The van der Waals surface area contributed by atoms with Gasteiger partial charge in [-0.3, -0.25) is 0 Å². The molecule has 0 fully saturated rings. The summed E-state index contributed by atoms with van der Waals surface area (Å²) >= 11 is 3.86. The highest BCUT2D eigenvalue weighted by atomic mass is 32.1. The summed E-state index contributed by atoms with van der Waals surface area (Å²) in [5, 5.41) is 12.3. The van der Waals surface area contributed by atoms with Crippen molar-refractivity contribution in [3.63, 3.8) is 0 Å². The van der Waals surface area contributed by atoms with Crippen molar-refractivity contribution in [3.05, 3.63) is 11.2 Å². The molecule has 0 atom stereocenters. The largest absolute Gasteiger partial charge is 0.204 e. The predicted molar refractivity (Wildman–Crippen MR) is 36.9 cm³/mol. The van der Waals surface area contributed by atoms with E-state index >= 15 is 0 Å². The van der Waals surface area contributed by atoms with Gasteiger partial charge in [-0.2, -0.15) is 0 Å². The van der Waals surface area contributed by atoms with Crippen LogP contribution >= 0.6 is 12.6 Å². The summed E-state index contributed by atoms with van der Waals surface area (Å²) in [6.07, 6.45) is 1.67. The van der Waals surface area contributed by atoms with Crippen LogP contribution in [-0.2, 0) is 0 Å². The second-order valence-corrected chi connectivity index (χ2v) is 1.77. The maximum absolute atomic E-state index is 3.86. The average Bonchev–Trinajstić information content (AvgIpc) is 2.18. The summed E-state index contributed by atoms with van der Waals surface area (Å²) in [6.45, 7) is 1.81. The fourth-order valence-electron chi connectivity index (χ4n) is 0.439. The molecule has 0 spiro atoms. The van der Waals surface area contributed by atoms with Gasteiger partial charge in [0, 0.05) is 6.20 Å². The molecule has 1 rings (SSSR count). The van der Waals surface area contributed by atoms with Crippen molar-refractivity contribution in [2.75, 3.05) is 0 Å². The molecular weight excluding hydrogens is 136 g/mol. The minimum Gasteiger partial charge on any atom is -0.204 e. The van der Waals surface area contributed by atoms with E-state index in [-0.39, 0.29) is 0 Å². The smallest absolute Gasteiger partial charge is 0.152 e. The van der Waals surface area contributed by atoms with Crippen LogP contribution in [0.1, 0.15) is 5.82 Å². The van der Waals surface area contributed by atoms with Crippen LogP contribution in [0.25, 0.3) is 6.20 Å². The highest BCUT2D eigenvalue weighted by Crippen LogP contribution is 1.89. The Morgan fingerprint density at radius 1 is 1.67 bits per heavy atom. The van der Waals surface area contributed by atoms with Crippen molar-refractivity contribution in [1.29, 1.82) is 0 Å². The Morgan fingerprint density at radius 2 is 2.44 bits per heavy atom.